The molecule has 0 radical (unpaired) electrons. The smallest absolute Gasteiger partial charge is 0.387 e. The van der Waals surface area contributed by atoms with Crippen LogP contribution in [0.15, 0.2) is 6.07 Å². The number of rotatable bonds is 2. The van der Waals surface area contributed by atoms with Crippen molar-refractivity contribution in [2.45, 2.75) is 17.9 Å². The molecule has 0 aliphatic rings. The van der Waals surface area contributed by atoms with E-state index in [9.17, 15) is 26.3 Å². The number of alkyl halides is 7. The molecule has 0 aliphatic heterocycles. The molecule has 18 heavy (non-hydrogen) atoms. The average molecular weight is 450 g/mol. The predicted octanol–water partition coefficient (Wildman–Crippen LogP) is 4.50. The summed E-state index contributed by atoms with van der Waals surface area (Å²) < 4.78 is 77.5. The third kappa shape index (κ3) is 4.14. The van der Waals surface area contributed by atoms with Gasteiger partial charge < -0.3 is 4.74 Å². The molecule has 0 spiro atoms. The Hall–Kier alpha value is -0.260. The number of nitrogens with zero attached hydrogens (tertiary/aromatic N) is 1. The molecule has 1 heterocycles. The monoisotopic (exact) mass is 449 g/mol. The lowest BCUT2D eigenvalue weighted by molar-refractivity contribution is -0.278. The van der Waals surface area contributed by atoms with Crippen LogP contribution in [0.2, 0.25) is 0 Å². The summed E-state index contributed by atoms with van der Waals surface area (Å²) in [4.78, 5) is 3.14. The van der Waals surface area contributed by atoms with Gasteiger partial charge in [0.05, 0.1) is 0 Å². The highest BCUT2D eigenvalue weighted by atomic mass is 127. The van der Waals surface area contributed by atoms with Crippen LogP contribution in [0.25, 0.3) is 0 Å². The van der Waals surface area contributed by atoms with Gasteiger partial charge in [0.25, 0.3) is 0 Å². The van der Waals surface area contributed by atoms with Crippen LogP contribution in [0.5, 0.6) is 5.88 Å². The minimum Gasteiger partial charge on any atom is -0.387 e. The largest absolute Gasteiger partial charge is 0.574 e. The molecule has 0 saturated heterocycles. The van der Waals surface area contributed by atoms with Crippen LogP contribution in [-0.4, -0.2) is 11.3 Å². The SMILES string of the molecule is FC(F)(F)Oc1nc(I)cc(CBr)c1C(F)(F)F. The second-order valence-electron chi connectivity index (χ2n) is 2.96. The molecule has 0 unspecified atom stereocenters. The van der Waals surface area contributed by atoms with Gasteiger partial charge in [-0.1, -0.05) is 15.9 Å². The summed E-state index contributed by atoms with van der Waals surface area (Å²) >= 11 is 4.28. The first-order valence-corrected chi connectivity index (χ1v) is 6.33. The first-order valence-electron chi connectivity index (χ1n) is 4.13. The van der Waals surface area contributed by atoms with E-state index in [2.05, 4.69) is 25.7 Å². The van der Waals surface area contributed by atoms with E-state index in [1.807, 2.05) is 0 Å². The number of hydrogen-bond acceptors (Lipinski definition) is 2. The van der Waals surface area contributed by atoms with Gasteiger partial charge in [0, 0.05) is 5.33 Å². The number of pyridine rings is 1. The molecule has 102 valence electrons. The third-order valence-electron chi connectivity index (χ3n) is 1.68. The van der Waals surface area contributed by atoms with Crippen molar-refractivity contribution in [3.8, 4) is 5.88 Å². The van der Waals surface area contributed by atoms with Crippen LogP contribution in [0.1, 0.15) is 11.1 Å². The summed E-state index contributed by atoms with van der Waals surface area (Å²) in [6, 6.07) is 1.03. The zero-order chi connectivity index (χ0) is 14.1. The molecule has 1 aromatic heterocycles. The molecule has 0 aromatic carbocycles. The van der Waals surface area contributed by atoms with E-state index in [0.717, 1.165) is 6.07 Å². The Bertz CT molecular complexity index is 446. The first kappa shape index (κ1) is 15.8. The Morgan fingerprint density at radius 3 is 2.17 bits per heavy atom. The lowest BCUT2D eigenvalue weighted by Gasteiger charge is -2.17. The van der Waals surface area contributed by atoms with Crippen molar-refractivity contribution < 1.29 is 31.1 Å². The lowest BCUT2D eigenvalue weighted by Crippen LogP contribution is -2.22. The van der Waals surface area contributed by atoms with Crippen molar-refractivity contribution in [3.05, 3.63) is 20.9 Å². The summed E-state index contributed by atoms with van der Waals surface area (Å²) in [5.74, 6) is -1.49. The van der Waals surface area contributed by atoms with Gasteiger partial charge in [-0.05, 0) is 34.2 Å². The van der Waals surface area contributed by atoms with Crippen LogP contribution in [0, 0.1) is 3.70 Å². The van der Waals surface area contributed by atoms with Gasteiger partial charge in [-0.2, -0.15) is 13.2 Å². The molecular weight excluding hydrogens is 447 g/mol. The van der Waals surface area contributed by atoms with E-state index in [1.165, 1.54) is 22.6 Å². The highest BCUT2D eigenvalue weighted by Gasteiger charge is 2.42. The van der Waals surface area contributed by atoms with Gasteiger partial charge in [0.2, 0.25) is 5.88 Å². The van der Waals surface area contributed by atoms with Crippen LogP contribution in [0.3, 0.4) is 0 Å². The van der Waals surface area contributed by atoms with Crippen molar-refractivity contribution in [1.29, 1.82) is 0 Å². The Morgan fingerprint density at radius 1 is 1.22 bits per heavy atom. The molecule has 0 atom stereocenters. The summed E-state index contributed by atoms with van der Waals surface area (Å²) in [6.07, 6.45) is -10.2. The average Bonchev–Trinajstić information content (AvgIpc) is 2.11. The van der Waals surface area contributed by atoms with Gasteiger partial charge in [-0.3, -0.25) is 0 Å². The minimum absolute atomic E-state index is 0.0331. The summed E-state index contributed by atoms with van der Waals surface area (Å²) in [6.45, 7) is 0. The van der Waals surface area contributed by atoms with Crippen LogP contribution >= 0.6 is 38.5 Å². The Morgan fingerprint density at radius 2 is 1.78 bits per heavy atom. The standard InChI is InChI=1S/C8H3BrF6INO/c9-2-3-1-4(16)17-6(18-8(13,14)15)5(3)7(10,11)12/h1H,2H2. The van der Waals surface area contributed by atoms with Crippen molar-refractivity contribution in [1.82, 2.24) is 4.98 Å². The van der Waals surface area contributed by atoms with E-state index in [4.69, 9.17) is 0 Å². The second-order valence-corrected chi connectivity index (χ2v) is 4.63. The van der Waals surface area contributed by atoms with E-state index < -0.39 is 24.0 Å². The number of halogens is 8. The van der Waals surface area contributed by atoms with Gasteiger partial charge in [-0.25, -0.2) is 4.98 Å². The predicted molar refractivity (Wildman–Crippen MR) is 61.3 cm³/mol. The van der Waals surface area contributed by atoms with Crippen molar-refractivity contribution >= 4 is 38.5 Å². The Balaban J connectivity index is 3.43. The van der Waals surface area contributed by atoms with E-state index >= 15 is 0 Å². The molecule has 0 saturated carbocycles. The highest BCUT2D eigenvalue weighted by molar-refractivity contribution is 14.1. The molecule has 0 bridgehead atoms. The number of ether oxygens (including phenoxy) is 1. The van der Waals surface area contributed by atoms with E-state index in [1.54, 1.807) is 0 Å². The maximum Gasteiger partial charge on any atom is 0.574 e. The van der Waals surface area contributed by atoms with Crippen molar-refractivity contribution in [2.75, 3.05) is 0 Å². The Labute approximate surface area is 119 Å². The van der Waals surface area contributed by atoms with Crippen LogP contribution in [0.4, 0.5) is 26.3 Å². The topological polar surface area (TPSA) is 22.1 Å². The zero-order valence-corrected chi connectivity index (χ0v) is 11.9. The molecule has 0 N–H and O–H groups in total. The normalized spacial score (nSPS) is 12.7. The summed E-state index contributed by atoms with van der Waals surface area (Å²) in [5.41, 5.74) is -1.90. The molecule has 0 fully saturated rings. The Kier molecular flexibility index (Phi) is 4.73. The summed E-state index contributed by atoms with van der Waals surface area (Å²) in [7, 11) is 0. The van der Waals surface area contributed by atoms with Crippen LogP contribution < -0.4 is 4.74 Å². The molecule has 10 heteroatoms. The fraction of sp³-hybridized carbons (Fsp3) is 0.375. The van der Waals surface area contributed by atoms with E-state index in [0.29, 0.717) is 0 Å². The first-order chi connectivity index (χ1) is 8.04. The second kappa shape index (κ2) is 5.39. The van der Waals surface area contributed by atoms with Gasteiger partial charge >= 0.3 is 12.5 Å². The summed E-state index contributed by atoms with van der Waals surface area (Å²) in [5, 5.41) is -0.269. The zero-order valence-electron chi connectivity index (χ0n) is 8.16. The quantitative estimate of drug-likeness (QED) is 0.287. The maximum absolute atomic E-state index is 12.7. The fourth-order valence-corrected chi connectivity index (χ4v) is 2.17. The molecule has 0 amide bonds. The van der Waals surface area contributed by atoms with Gasteiger partial charge in [0.15, 0.2) is 0 Å². The van der Waals surface area contributed by atoms with Gasteiger partial charge in [0.1, 0.15) is 9.26 Å². The van der Waals surface area contributed by atoms with E-state index in [-0.39, 0.29) is 14.6 Å². The molecular formula is C8H3BrF6INO. The highest BCUT2D eigenvalue weighted by Crippen LogP contribution is 2.40. The third-order valence-corrected chi connectivity index (χ3v) is 2.83. The maximum atomic E-state index is 12.7. The molecule has 0 aliphatic carbocycles. The number of aromatic nitrogens is 1. The molecule has 1 rings (SSSR count). The van der Waals surface area contributed by atoms with Crippen LogP contribution in [-0.2, 0) is 11.5 Å². The van der Waals surface area contributed by atoms with Crippen molar-refractivity contribution in [3.63, 3.8) is 0 Å². The fourth-order valence-electron chi connectivity index (χ4n) is 1.13. The molecule has 2 nitrogen and oxygen atoms in total. The number of hydrogen-bond donors (Lipinski definition) is 0. The molecule has 1 aromatic rings. The lowest BCUT2D eigenvalue weighted by atomic mass is 10.1. The minimum atomic E-state index is -5.24. The van der Waals surface area contributed by atoms with Gasteiger partial charge in [-0.15, -0.1) is 13.2 Å². The van der Waals surface area contributed by atoms with Crippen molar-refractivity contribution in [2.24, 2.45) is 0 Å².